The summed E-state index contributed by atoms with van der Waals surface area (Å²) in [4.78, 5) is 21.7. The summed E-state index contributed by atoms with van der Waals surface area (Å²) < 4.78 is 61.5. The molecule has 3 aliphatic heterocycles. The van der Waals surface area contributed by atoms with Crippen LogP contribution in [0.5, 0.6) is 0 Å². The number of carbonyl (C=O) groups excluding carboxylic acids is 2. The van der Waals surface area contributed by atoms with Crippen LogP contribution in [0.3, 0.4) is 0 Å². The molecule has 2 saturated heterocycles. The van der Waals surface area contributed by atoms with Gasteiger partial charge in [0, 0.05) is 44.6 Å². The maximum Gasteiger partial charge on any atom is 0.293 e. The number of sulfone groups is 1. The highest BCUT2D eigenvalue weighted by molar-refractivity contribution is 7.91. The highest BCUT2D eigenvalue weighted by Gasteiger charge is 2.36. The van der Waals surface area contributed by atoms with Crippen LogP contribution >= 0.6 is 0 Å². The molecule has 0 amide bonds. The van der Waals surface area contributed by atoms with Gasteiger partial charge in [-0.2, -0.15) is 5.11 Å². The molecule has 3 rings (SSSR count). The van der Waals surface area contributed by atoms with Crippen LogP contribution < -0.4 is 0 Å². The SMILES string of the molecule is CC(F)(F)C1=NN=NC1.CC1(C(=O)CS(C)(=O)=O)CCOCC1.CC1(OC=O)CCOCC1. The van der Waals surface area contributed by atoms with Crippen molar-refractivity contribution < 1.29 is 41.0 Å². The molecule has 2 fully saturated rings. The van der Waals surface area contributed by atoms with Crippen molar-refractivity contribution in [3.63, 3.8) is 0 Å². The molecule has 0 bridgehead atoms. The first-order valence-electron chi connectivity index (χ1n) is 10.5. The molecule has 0 spiro atoms. The van der Waals surface area contributed by atoms with Gasteiger partial charge in [-0.15, -0.1) is 5.10 Å². The largest absolute Gasteiger partial charge is 0.461 e. The minimum absolute atomic E-state index is 0.0660. The summed E-state index contributed by atoms with van der Waals surface area (Å²) in [6.45, 7) is 7.48. The molecule has 10 nitrogen and oxygen atoms in total. The fourth-order valence-corrected chi connectivity index (χ4v) is 3.82. The lowest BCUT2D eigenvalue weighted by Gasteiger charge is -2.31. The summed E-state index contributed by atoms with van der Waals surface area (Å²) >= 11 is 0. The van der Waals surface area contributed by atoms with E-state index in [1.165, 1.54) is 0 Å². The van der Waals surface area contributed by atoms with E-state index in [-0.39, 0.29) is 29.4 Å². The van der Waals surface area contributed by atoms with Crippen LogP contribution in [-0.4, -0.2) is 82.9 Å². The van der Waals surface area contributed by atoms with Gasteiger partial charge < -0.3 is 14.2 Å². The minimum Gasteiger partial charge on any atom is -0.461 e. The van der Waals surface area contributed by atoms with Crippen molar-refractivity contribution in [2.24, 2.45) is 20.9 Å². The van der Waals surface area contributed by atoms with Crippen molar-refractivity contribution in [3.05, 3.63) is 0 Å². The predicted molar refractivity (Wildman–Crippen MR) is 116 cm³/mol. The van der Waals surface area contributed by atoms with Gasteiger partial charge in [0.05, 0.1) is 13.2 Å². The quantitative estimate of drug-likeness (QED) is 0.515. The zero-order valence-electron chi connectivity index (χ0n) is 19.5. The summed E-state index contributed by atoms with van der Waals surface area (Å²) in [5, 5.41) is 9.47. The van der Waals surface area contributed by atoms with Crippen molar-refractivity contribution in [2.75, 3.05) is 45.0 Å². The Balaban J connectivity index is 0.000000255. The average Bonchev–Trinajstić information content (AvgIpc) is 3.24. The van der Waals surface area contributed by atoms with E-state index in [9.17, 15) is 26.8 Å². The minimum atomic E-state index is -3.20. The normalized spacial score (nSPS) is 21.5. The number of halogens is 2. The second-order valence-electron chi connectivity index (χ2n) is 8.77. The number of ether oxygens (including phenoxy) is 3. The number of ketones is 1. The molecule has 3 aliphatic rings. The highest BCUT2D eigenvalue weighted by atomic mass is 32.2. The fourth-order valence-electron chi connectivity index (χ4n) is 2.99. The van der Waals surface area contributed by atoms with E-state index in [0.29, 0.717) is 45.7 Å². The Morgan fingerprint density at radius 1 is 1.12 bits per heavy atom. The smallest absolute Gasteiger partial charge is 0.293 e. The third-order valence-corrected chi connectivity index (χ3v) is 6.29. The average molecular weight is 498 g/mol. The lowest BCUT2D eigenvalue weighted by atomic mass is 9.79. The van der Waals surface area contributed by atoms with Gasteiger partial charge >= 0.3 is 0 Å². The number of hydrogen-bond donors (Lipinski definition) is 0. The maximum absolute atomic E-state index is 12.2. The number of carbonyl (C=O) groups is 2. The van der Waals surface area contributed by atoms with Gasteiger partial charge in [0.15, 0.2) is 15.6 Å². The van der Waals surface area contributed by atoms with Gasteiger partial charge in [0.1, 0.15) is 23.6 Å². The summed E-state index contributed by atoms with van der Waals surface area (Å²) in [5.41, 5.74) is -1.02. The van der Waals surface area contributed by atoms with Crippen molar-refractivity contribution >= 4 is 27.8 Å². The Hall–Kier alpha value is -1.86. The third kappa shape index (κ3) is 11.2. The molecule has 0 aliphatic carbocycles. The van der Waals surface area contributed by atoms with Crippen LogP contribution in [-0.2, 0) is 33.6 Å². The first-order chi connectivity index (χ1) is 15.2. The number of alkyl halides is 2. The van der Waals surface area contributed by atoms with Crippen molar-refractivity contribution in [3.8, 4) is 0 Å². The molecule has 3 heterocycles. The molecule has 0 atom stereocenters. The molecule has 0 saturated carbocycles. The lowest BCUT2D eigenvalue weighted by molar-refractivity contribution is -0.150. The zero-order chi connectivity index (χ0) is 25.2. The number of rotatable bonds is 6. The number of nitrogens with zero attached hydrogens (tertiary/aromatic N) is 3. The van der Waals surface area contributed by atoms with Crippen LogP contribution in [0.4, 0.5) is 8.78 Å². The lowest BCUT2D eigenvalue weighted by Crippen LogP contribution is -2.37. The van der Waals surface area contributed by atoms with E-state index in [2.05, 4.69) is 15.4 Å². The Labute approximate surface area is 193 Å². The highest BCUT2D eigenvalue weighted by Crippen LogP contribution is 2.31. The van der Waals surface area contributed by atoms with Crippen LogP contribution in [0.1, 0.15) is 46.5 Å². The van der Waals surface area contributed by atoms with Gasteiger partial charge in [-0.1, -0.05) is 6.92 Å². The van der Waals surface area contributed by atoms with E-state index in [1.807, 2.05) is 13.8 Å². The standard InChI is InChI=1S/C9H16O4S.C7H12O3.C4H5F2N3/c1-9(3-5-13-6-4-9)8(10)7-14(2,11)12;1-7(10-6-8)2-4-9-5-3-7;1-4(5,6)3-2-7-9-8-3/h3-7H2,1-2H3;6H,2-5H2,1H3;2H2,1H3. The van der Waals surface area contributed by atoms with Gasteiger partial charge in [-0.05, 0) is 25.0 Å². The van der Waals surface area contributed by atoms with Crippen molar-refractivity contribution in [2.45, 2.75) is 58.0 Å². The third-order valence-electron chi connectivity index (χ3n) is 5.50. The Morgan fingerprint density at radius 2 is 1.64 bits per heavy atom. The summed E-state index contributed by atoms with van der Waals surface area (Å²) in [5.74, 6) is -3.38. The summed E-state index contributed by atoms with van der Waals surface area (Å²) in [6, 6.07) is 0. The summed E-state index contributed by atoms with van der Waals surface area (Å²) in [7, 11) is -3.20. The molecule has 13 heteroatoms. The Morgan fingerprint density at radius 3 is 2.00 bits per heavy atom. The molecule has 0 aromatic rings. The zero-order valence-corrected chi connectivity index (χ0v) is 20.3. The Kier molecular flexibility index (Phi) is 11.1. The van der Waals surface area contributed by atoms with Crippen LogP contribution in [0, 0.1) is 5.41 Å². The summed E-state index contributed by atoms with van der Waals surface area (Å²) in [6.07, 6.45) is 3.97. The molecule has 0 unspecified atom stereocenters. The second kappa shape index (κ2) is 12.6. The monoisotopic (exact) mass is 497 g/mol. The number of Topliss-reactive ketones (excluding diaryl/α,β-unsaturated/α-hetero) is 1. The molecular formula is C20H33F2N3O7S. The molecule has 0 aromatic heterocycles. The molecule has 0 N–H and O–H groups in total. The van der Waals surface area contributed by atoms with E-state index in [0.717, 1.165) is 26.0 Å². The van der Waals surface area contributed by atoms with E-state index in [4.69, 9.17) is 14.2 Å². The topological polar surface area (TPSA) is 133 Å². The first kappa shape index (κ1) is 29.2. The van der Waals surface area contributed by atoms with Gasteiger partial charge in [-0.25, -0.2) is 17.2 Å². The Bertz CT molecular complexity index is 814. The van der Waals surface area contributed by atoms with Crippen molar-refractivity contribution in [1.82, 2.24) is 0 Å². The first-order valence-corrected chi connectivity index (χ1v) is 12.6. The van der Waals surface area contributed by atoms with Crippen LogP contribution in [0.25, 0.3) is 0 Å². The fraction of sp³-hybridized carbons (Fsp3) is 0.850. The van der Waals surface area contributed by atoms with Gasteiger partial charge in [0.25, 0.3) is 12.4 Å². The maximum atomic E-state index is 12.2. The van der Waals surface area contributed by atoms with Crippen LogP contribution in [0.15, 0.2) is 15.4 Å². The molecule has 33 heavy (non-hydrogen) atoms. The van der Waals surface area contributed by atoms with Crippen molar-refractivity contribution in [1.29, 1.82) is 0 Å². The van der Waals surface area contributed by atoms with Crippen LogP contribution in [0.2, 0.25) is 0 Å². The van der Waals surface area contributed by atoms with E-state index < -0.39 is 21.2 Å². The number of hydrogen-bond acceptors (Lipinski definition) is 10. The molecule has 0 aromatic carbocycles. The molecule has 0 radical (unpaired) electrons. The molecule has 190 valence electrons. The second-order valence-corrected chi connectivity index (χ2v) is 10.9. The van der Waals surface area contributed by atoms with Gasteiger partial charge in [0.2, 0.25) is 0 Å². The van der Waals surface area contributed by atoms with E-state index >= 15 is 0 Å². The molecular weight excluding hydrogens is 464 g/mol. The van der Waals surface area contributed by atoms with E-state index in [1.54, 1.807) is 0 Å². The predicted octanol–water partition coefficient (Wildman–Crippen LogP) is 2.61. The van der Waals surface area contributed by atoms with Gasteiger partial charge in [-0.3, -0.25) is 9.59 Å².